The standard InChI is InChI=1S/C35H40F2O4/c1-3-5-23-6-9-29-21-28(15-14-27(29)20-23)25-10-12-26(13-11-25)35(38)41-30-16-7-24(8-17-30)22-40-32-19-18-31(39-4-2)33(36)34(32)37/h7-8,10-13,16-19,23,27-29H,3-6,9,14-15,20-22H2,1-2H3. The van der Waals surface area contributed by atoms with Gasteiger partial charge in [-0.25, -0.2) is 4.79 Å². The van der Waals surface area contributed by atoms with Crippen LogP contribution in [0.2, 0.25) is 0 Å². The Bertz CT molecular complexity index is 1300. The van der Waals surface area contributed by atoms with E-state index in [0.717, 1.165) is 23.3 Å². The van der Waals surface area contributed by atoms with Gasteiger partial charge in [0.05, 0.1) is 12.2 Å². The van der Waals surface area contributed by atoms with E-state index in [-0.39, 0.29) is 24.7 Å². The minimum Gasteiger partial charge on any atom is -0.491 e. The topological polar surface area (TPSA) is 44.8 Å². The predicted molar refractivity (Wildman–Crippen MR) is 156 cm³/mol. The maximum Gasteiger partial charge on any atom is 0.343 e. The predicted octanol–water partition coefficient (Wildman–Crippen LogP) is 9.26. The third-order valence-electron chi connectivity index (χ3n) is 8.88. The highest BCUT2D eigenvalue weighted by Crippen LogP contribution is 2.48. The monoisotopic (exact) mass is 562 g/mol. The lowest BCUT2D eigenvalue weighted by molar-refractivity contribution is 0.0734. The SMILES string of the molecule is CCCC1CCC2CC(c3ccc(C(=O)Oc4ccc(COc5ccc(OCC)c(F)c5F)cc4)cc3)CCC2C1. The van der Waals surface area contributed by atoms with Crippen LogP contribution < -0.4 is 14.2 Å². The molecule has 0 bridgehead atoms. The molecule has 2 aliphatic rings. The van der Waals surface area contributed by atoms with Crippen molar-refractivity contribution in [1.29, 1.82) is 0 Å². The van der Waals surface area contributed by atoms with Gasteiger partial charge in [0.15, 0.2) is 11.5 Å². The second kappa shape index (κ2) is 13.5. The Balaban J connectivity index is 1.12. The van der Waals surface area contributed by atoms with Crippen LogP contribution in [0.1, 0.15) is 92.6 Å². The fourth-order valence-electron chi connectivity index (χ4n) is 6.72. The summed E-state index contributed by atoms with van der Waals surface area (Å²) in [7, 11) is 0. The number of ether oxygens (including phenoxy) is 3. The number of fused-ring (bicyclic) bond motifs is 1. The van der Waals surface area contributed by atoms with Gasteiger partial charge in [0.2, 0.25) is 11.6 Å². The molecule has 6 heteroatoms. The van der Waals surface area contributed by atoms with Crippen LogP contribution in [0.15, 0.2) is 60.7 Å². The second-order valence-electron chi connectivity index (χ2n) is 11.6. The summed E-state index contributed by atoms with van der Waals surface area (Å²) in [6.45, 7) is 4.26. The van der Waals surface area contributed by atoms with Gasteiger partial charge < -0.3 is 14.2 Å². The van der Waals surface area contributed by atoms with E-state index in [2.05, 4.69) is 19.1 Å². The van der Waals surface area contributed by atoms with E-state index in [1.807, 2.05) is 12.1 Å². The third-order valence-corrected chi connectivity index (χ3v) is 8.88. The Morgan fingerprint density at radius 3 is 2.12 bits per heavy atom. The summed E-state index contributed by atoms with van der Waals surface area (Å²) < 4.78 is 44.4. The number of carbonyl (C=O) groups is 1. The Morgan fingerprint density at radius 1 is 0.780 bits per heavy atom. The maximum absolute atomic E-state index is 14.3. The van der Waals surface area contributed by atoms with Gasteiger partial charge >= 0.3 is 5.97 Å². The van der Waals surface area contributed by atoms with E-state index in [4.69, 9.17) is 14.2 Å². The normalized spacial score (nSPS) is 22.0. The van der Waals surface area contributed by atoms with Crippen LogP contribution in [-0.2, 0) is 6.61 Å². The molecule has 4 unspecified atom stereocenters. The minimum atomic E-state index is -1.09. The van der Waals surface area contributed by atoms with Crippen molar-refractivity contribution in [2.45, 2.75) is 77.7 Å². The van der Waals surface area contributed by atoms with E-state index < -0.39 is 17.6 Å². The number of carbonyl (C=O) groups excluding carboxylic acids is 1. The van der Waals surface area contributed by atoms with E-state index in [1.165, 1.54) is 69.1 Å². The summed E-state index contributed by atoms with van der Waals surface area (Å²) in [5.74, 6) is 0.748. The number of hydrogen-bond donors (Lipinski definition) is 0. The minimum absolute atomic E-state index is 0.0299. The molecule has 4 nitrogen and oxygen atoms in total. The second-order valence-corrected chi connectivity index (χ2v) is 11.6. The molecule has 0 saturated heterocycles. The Hall–Kier alpha value is -3.41. The highest BCUT2D eigenvalue weighted by molar-refractivity contribution is 5.91. The van der Waals surface area contributed by atoms with Gasteiger partial charge in [0.1, 0.15) is 12.4 Å². The van der Waals surface area contributed by atoms with Gasteiger partial charge in [-0.05, 0) is 110 Å². The zero-order valence-corrected chi connectivity index (χ0v) is 24.0. The first kappa shape index (κ1) is 29.1. The number of benzene rings is 3. The molecule has 0 aromatic heterocycles. The van der Waals surface area contributed by atoms with Gasteiger partial charge in [-0.15, -0.1) is 0 Å². The van der Waals surface area contributed by atoms with Crippen molar-refractivity contribution < 1.29 is 27.8 Å². The van der Waals surface area contributed by atoms with E-state index in [0.29, 0.717) is 17.2 Å². The van der Waals surface area contributed by atoms with Crippen LogP contribution in [0.3, 0.4) is 0 Å². The molecule has 0 aliphatic heterocycles. The number of rotatable bonds is 10. The zero-order chi connectivity index (χ0) is 28.8. The third kappa shape index (κ3) is 7.09. The largest absolute Gasteiger partial charge is 0.491 e. The lowest BCUT2D eigenvalue weighted by Crippen LogP contribution is -2.30. The quantitative estimate of drug-likeness (QED) is 0.182. The van der Waals surface area contributed by atoms with E-state index >= 15 is 0 Å². The van der Waals surface area contributed by atoms with Crippen molar-refractivity contribution in [1.82, 2.24) is 0 Å². The fourth-order valence-corrected chi connectivity index (χ4v) is 6.72. The molecule has 218 valence electrons. The van der Waals surface area contributed by atoms with Crippen LogP contribution in [0.25, 0.3) is 0 Å². The highest BCUT2D eigenvalue weighted by atomic mass is 19.2. The summed E-state index contributed by atoms with van der Waals surface area (Å²) in [4.78, 5) is 12.8. The average Bonchev–Trinajstić information content (AvgIpc) is 3.00. The smallest absolute Gasteiger partial charge is 0.343 e. The summed E-state index contributed by atoms with van der Waals surface area (Å²) in [5, 5.41) is 0. The molecule has 3 aromatic carbocycles. The summed E-state index contributed by atoms with van der Waals surface area (Å²) in [6, 6.07) is 17.4. The number of halogens is 2. The van der Waals surface area contributed by atoms with Gasteiger partial charge in [-0.1, -0.05) is 50.5 Å². The molecular formula is C35H40F2O4. The Kier molecular flexibility index (Phi) is 9.58. The molecule has 2 fully saturated rings. The van der Waals surface area contributed by atoms with Crippen molar-refractivity contribution >= 4 is 5.97 Å². The van der Waals surface area contributed by atoms with E-state index in [9.17, 15) is 13.6 Å². The van der Waals surface area contributed by atoms with Gasteiger partial charge in [-0.3, -0.25) is 0 Å². The van der Waals surface area contributed by atoms with Gasteiger partial charge in [0.25, 0.3) is 0 Å². The van der Waals surface area contributed by atoms with Crippen LogP contribution in [0, 0.1) is 29.4 Å². The first-order valence-corrected chi connectivity index (χ1v) is 15.1. The highest BCUT2D eigenvalue weighted by Gasteiger charge is 2.35. The molecule has 0 heterocycles. The van der Waals surface area contributed by atoms with Crippen LogP contribution in [0.5, 0.6) is 17.2 Å². The van der Waals surface area contributed by atoms with Crippen molar-refractivity contribution in [2.24, 2.45) is 17.8 Å². The average molecular weight is 563 g/mol. The first-order valence-electron chi connectivity index (χ1n) is 15.1. The van der Waals surface area contributed by atoms with E-state index in [1.54, 1.807) is 31.2 Å². The van der Waals surface area contributed by atoms with Gasteiger partial charge in [0, 0.05) is 0 Å². The van der Waals surface area contributed by atoms with Crippen molar-refractivity contribution in [3.05, 3.63) is 89.0 Å². The number of hydrogen-bond acceptors (Lipinski definition) is 4. The maximum atomic E-state index is 14.3. The molecular weight excluding hydrogens is 522 g/mol. The zero-order valence-electron chi connectivity index (χ0n) is 24.0. The molecule has 2 saturated carbocycles. The molecule has 0 radical (unpaired) electrons. The Morgan fingerprint density at radius 2 is 1.44 bits per heavy atom. The molecule has 2 aliphatic carbocycles. The molecule has 0 amide bonds. The summed E-state index contributed by atoms with van der Waals surface area (Å²) in [5.41, 5.74) is 2.56. The molecule has 0 N–H and O–H groups in total. The first-order chi connectivity index (χ1) is 19.9. The molecule has 41 heavy (non-hydrogen) atoms. The molecule has 0 spiro atoms. The number of esters is 1. The molecule has 3 aromatic rings. The van der Waals surface area contributed by atoms with Crippen LogP contribution >= 0.6 is 0 Å². The lowest BCUT2D eigenvalue weighted by atomic mass is 9.63. The fraction of sp³-hybridized carbons (Fsp3) is 0.457. The lowest BCUT2D eigenvalue weighted by Gasteiger charge is -2.42. The van der Waals surface area contributed by atoms with Gasteiger partial charge in [-0.2, -0.15) is 8.78 Å². The summed E-state index contributed by atoms with van der Waals surface area (Å²) in [6.07, 6.45) is 10.7. The van der Waals surface area contributed by atoms with Crippen LogP contribution in [-0.4, -0.2) is 12.6 Å². The van der Waals surface area contributed by atoms with Crippen molar-refractivity contribution in [2.75, 3.05) is 6.61 Å². The Labute approximate surface area is 242 Å². The van der Waals surface area contributed by atoms with Crippen molar-refractivity contribution in [3.8, 4) is 17.2 Å². The van der Waals surface area contributed by atoms with Crippen LogP contribution in [0.4, 0.5) is 8.78 Å². The molecule has 5 rings (SSSR count). The van der Waals surface area contributed by atoms with Crippen molar-refractivity contribution in [3.63, 3.8) is 0 Å². The molecule has 4 atom stereocenters. The summed E-state index contributed by atoms with van der Waals surface area (Å²) >= 11 is 0.